The molecule has 0 aromatic carbocycles. The van der Waals surface area contributed by atoms with Crippen molar-refractivity contribution in [2.75, 3.05) is 13.2 Å². The van der Waals surface area contributed by atoms with Crippen molar-refractivity contribution < 1.29 is 24.5 Å². The molecule has 0 bridgehead atoms. The number of unbranched alkanes of at least 4 members (excludes halogenated alkanes) is 38. The van der Waals surface area contributed by atoms with Crippen LogP contribution in [0.5, 0.6) is 0 Å². The maximum absolute atomic E-state index is 12.4. The van der Waals surface area contributed by atoms with E-state index in [-0.39, 0.29) is 18.5 Å². The Kier molecular flexibility index (Phi) is 55.6. The maximum Gasteiger partial charge on any atom is 0.305 e. The number of allylic oxidation sites excluding steroid dienone is 7. The fourth-order valence-electron chi connectivity index (χ4n) is 8.95. The van der Waals surface area contributed by atoms with Gasteiger partial charge >= 0.3 is 5.97 Å². The average Bonchev–Trinajstić information content (AvgIpc) is 3.34. The first-order chi connectivity index (χ1) is 33.5. The van der Waals surface area contributed by atoms with Crippen LogP contribution in [-0.4, -0.2) is 47.4 Å². The number of carbonyl (C=O) groups is 2. The predicted octanol–water partition coefficient (Wildman–Crippen LogP) is 18.6. The smallest absolute Gasteiger partial charge is 0.305 e. The number of nitrogens with one attached hydrogen (secondary N) is 1. The fourth-order valence-corrected chi connectivity index (χ4v) is 8.95. The van der Waals surface area contributed by atoms with Gasteiger partial charge in [-0.3, -0.25) is 9.59 Å². The van der Waals surface area contributed by atoms with Gasteiger partial charge in [-0.1, -0.05) is 255 Å². The molecule has 0 aliphatic rings. The first kappa shape index (κ1) is 65.8. The lowest BCUT2D eigenvalue weighted by Crippen LogP contribution is -2.45. The molecule has 0 aliphatic carbocycles. The van der Waals surface area contributed by atoms with Crippen LogP contribution in [0.3, 0.4) is 0 Å². The fraction of sp³-hybridized carbons (Fsp3) is 0.839. The monoisotopic (exact) mass is 954 g/mol. The molecule has 6 heteroatoms. The Balaban J connectivity index is 3.42. The van der Waals surface area contributed by atoms with Crippen molar-refractivity contribution in [1.29, 1.82) is 0 Å². The zero-order valence-corrected chi connectivity index (χ0v) is 45.3. The van der Waals surface area contributed by atoms with Gasteiger partial charge in [-0.2, -0.15) is 0 Å². The Morgan fingerprint density at radius 3 is 1.16 bits per heavy atom. The quantitative estimate of drug-likeness (QED) is 0.0321. The van der Waals surface area contributed by atoms with Gasteiger partial charge in [0.1, 0.15) is 0 Å². The van der Waals surface area contributed by atoms with Crippen LogP contribution in [0.2, 0.25) is 0 Å². The number of rotatable bonds is 55. The molecule has 1 amide bonds. The topological polar surface area (TPSA) is 95.9 Å². The van der Waals surface area contributed by atoms with Crippen molar-refractivity contribution in [3.05, 3.63) is 48.6 Å². The van der Waals surface area contributed by atoms with Crippen molar-refractivity contribution >= 4 is 11.9 Å². The summed E-state index contributed by atoms with van der Waals surface area (Å²) in [5, 5.41) is 23.0. The molecule has 0 radical (unpaired) electrons. The molecular formula is C62H115NO5. The predicted molar refractivity (Wildman–Crippen MR) is 296 cm³/mol. The third-order valence-corrected chi connectivity index (χ3v) is 13.6. The molecule has 398 valence electrons. The molecule has 0 fully saturated rings. The van der Waals surface area contributed by atoms with Gasteiger partial charge in [-0.15, -0.1) is 0 Å². The molecule has 6 nitrogen and oxygen atoms in total. The Labute approximate surface area is 423 Å². The molecule has 0 spiro atoms. The summed E-state index contributed by atoms with van der Waals surface area (Å²) in [6, 6.07) is -0.631. The summed E-state index contributed by atoms with van der Waals surface area (Å²) in [7, 11) is 0. The second-order valence-corrected chi connectivity index (χ2v) is 20.3. The minimum atomic E-state index is -0.847. The van der Waals surface area contributed by atoms with E-state index < -0.39 is 12.1 Å². The second-order valence-electron chi connectivity index (χ2n) is 20.3. The van der Waals surface area contributed by atoms with E-state index in [1.165, 1.54) is 231 Å². The Hall–Kier alpha value is -2.18. The molecule has 2 atom stereocenters. The number of hydrogen-bond acceptors (Lipinski definition) is 5. The van der Waals surface area contributed by atoms with Gasteiger partial charge in [0.25, 0.3) is 0 Å². The van der Waals surface area contributed by atoms with Crippen LogP contribution in [0.25, 0.3) is 0 Å². The number of amides is 1. The van der Waals surface area contributed by atoms with E-state index in [2.05, 4.69) is 55.6 Å². The summed E-state index contributed by atoms with van der Waals surface area (Å²) in [5.74, 6) is -0.0762. The molecule has 0 aromatic heterocycles. The highest BCUT2D eigenvalue weighted by molar-refractivity contribution is 5.76. The summed E-state index contributed by atoms with van der Waals surface area (Å²) < 4.78 is 5.47. The average molecular weight is 955 g/mol. The van der Waals surface area contributed by atoms with E-state index in [0.29, 0.717) is 19.4 Å². The number of hydrogen-bond donors (Lipinski definition) is 3. The van der Waals surface area contributed by atoms with E-state index >= 15 is 0 Å². The van der Waals surface area contributed by atoms with Crippen molar-refractivity contribution in [3.8, 4) is 0 Å². The van der Waals surface area contributed by atoms with E-state index in [1.807, 2.05) is 6.08 Å². The normalized spacial score (nSPS) is 12.9. The molecule has 0 aromatic rings. The van der Waals surface area contributed by atoms with E-state index in [9.17, 15) is 19.8 Å². The van der Waals surface area contributed by atoms with Crippen LogP contribution in [0.15, 0.2) is 48.6 Å². The highest BCUT2D eigenvalue weighted by Crippen LogP contribution is 2.16. The van der Waals surface area contributed by atoms with Crippen LogP contribution >= 0.6 is 0 Å². The Morgan fingerprint density at radius 1 is 0.412 bits per heavy atom. The molecule has 2 unspecified atom stereocenters. The summed E-state index contributed by atoms with van der Waals surface area (Å²) in [6.45, 7) is 4.86. The highest BCUT2D eigenvalue weighted by atomic mass is 16.5. The Morgan fingerprint density at radius 2 is 0.735 bits per heavy atom. The summed E-state index contributed by atoms with van der Waals surface area (Å²) in [6.07, 6.45) is 72.9. The van der Waals surface area contributed by atoms with E-state index in [1.54, 1.807) is 6.08 Å². The molecule has 3 N–H and O–H groups in total. The van der Waals surface area contributed by atoms with Gasteiger partial charge < -0.3 is 20.3 Å². The number of ether oxygens (including phenoxy) is 1. The van der Waals surface area contributed by atoms with Crippen molar-refractivity contribution in [1.82, 2.24) is 5.32 Å². The van der Waals surface area contributed by atoms with Crippen molar-refractivity contribution in [2.45, 2.75) is 321 Å². The zero-order valence-electron chi connectivity index (χ0n) is 45.3. The minimum Gasteiger partial charge on any atom is -0.466 e. The number of aliphatic hydroxyl groups is 2. The first-order valence-electron chi connectivity index (χ1n) is 29.9. The SMILES string of the molecule is CCCCC/C=C\C/C=C\CCCCCCCC(=O)OCCCCCCCCCCCCCC/C=C\CCCCCCCCCCC(=O)NC(CO)C(O)/C=C/CCCCCCCCCCCC. The van der Waals surface area contributed by atoms with Crippen LogP contribution < -0.4 is 5.32 Å². The van der Waals surface area contributed by atoms with E-state index in [0.717, 1.165) is 51.4 Å². The van der Waals surface area contributed by atoms with Gasteiger partial charge in [0, 0.05) is 12.8 Å². The summed E-state index contributed by atoms with van der Waals surface area (Å²) >= 11 is 0. The second kappa shape index (κ2) is 57.4. The van der Waals surface area contributed by atoms with Gasteiger partial charge in [-0.05, 0) is 89.9 Å². The van der Waals surface area contributed by atoms with Crippen LogP contribution in [0.4, 0.5) is 0 Å². The highest BCUT2D eigenvalue weighted by Gasteiger charge is 2.18. The summed E-state index contributed by atoms with van der Waals surface area (Å²) in [4.78, 5) is 24.5. The summed E-state index contributed by atoms with van der Waals surface area (Å²) in [5.41, 5.74) is 0. The Bertz CT molecular complexity index is 1150. The van der Waals surface area contributed by atoms with Gasteiger partial charge in [0.15, 0.2) is 0 Å². The van der Waals surface area contributed by atoms with Crippen LogP contribution in [0, 0.1) is 0 Å². The third kappa shape index (κ3) is 53.2. The van der Waals surface area contributed by atoms with Crippen molar-refractivity contribution in [3.63, 3.8) is 0 Å². The van der Waals surface area contributed by atoms with E-state index in [4.69, 9.17) is 4.74 Å². The number of esters is 1. The molecule has 0 saturated heterocycles. The third-order valence-electron chi connectivity index (χ3n) is 13.6. The lowest BCUT2D eigenvalue weighted by molar-refractivity contribution is -0.143. The molecule has 68 heavy (non-hydrogen) atoms. The molecule has 0 aliphatic heterocycles. The molecule has 0 rings (SSSR count). The van der Waals surface area contributed by atoms with Crippen molar-refractivity contribution in [2.24, 2.45) is 0 Å². The lowest BCUT2D eigenvalue weighted by atomic mass is 10.0. The largest absolute Gasteiger partial charge is 0.466 e. The van der Waals surface area contributed by atoms with Crippen LogP contribution in [-0.2, 0) is 14.3 Å². The maximum atomic E-state index is 12.4. The van der Waals surface area contributed by atoms with Gasteiger partial charge in [0.05, 0.1) is 25.4 Å². The molecule has 0 heterocycles. The van der Waals surface area contributed by atoms with Crippen LogP contribution in [0.1, 0.15) is 309 Å². The minimum absolute atomic E-state index is 0.00252. The van der Waals surface area contributed by atoms with Gasteiger partial charge in [0.2, 0.25) is 5.91 Å². The number of aliphatic hydroxyl groups excluding tert-OH is 2. The number of carbonyl (C=O) groups excluding carboxylic acids is 2. The molecular weight excluding hydrogens is 839 g/mol. The van der Waals surface area contributed by atoms with Gasteiger partial charge in [-0.25, -0.2) is 0 Å². The standard InChI is InChI=1S/C62H115NO5/c1-3-5-7-9-11-13-15-17-28-32-36-40-44-48-52-56-62(67)68-57-53-49-45-41-37-33-30-27-25-23-21-19-18-20-22-24-26-29-31-35-39-43-47-51-55-61(66)63-59(58-64)60(65)54-50-46-42-38-34-16-14-12-10-8-6-4-2/h11,13,17,20,22,28,50,54,59-60,64-65H,3-10,12,14-16,18-19,21,23-27,29-49,51-53,55-58H2,1-2H3,(H,63,66)/b13-11-,22-20-,28-17-,54-50+. The first-order valence-corrected chi connectivity index (χ1v) is 29.9. The lowest BCUT2D eigenvalue weighted by Gasteiger charge is -2.20. The zero-order chi connectivity index (χ0) is 49.3. The molecule has 0 saturated carbocycles.